The molecule has 0 aliphatic carbocycles. The van der Waals surface area contributed by atoms with Gasteiger partial charge in [0.15, 0.2) is 0 Å². The SMILES string of the molecule is C[C@H](NC[C@@H](O)[C@H](Cc1ccccc1)N(C(=O)O)C(C)(C)C)c1ccccc1. The molecule has 0 aliphatic heterocycles. The van der Waals surface area contributed by atoms with E-state index < -0.39 is 23.8 Å². The molecular formula is C23H32N2O3. The second kappa shape index (κ2) is 9.71. The number of nitrogens with zero attached hydrogens (tertiary/aromatic N) is 1. The lowest BCUT2D eigenvalue weighted by atomic mass is 9.94. The van der Waals surface area contributed by atoms with E-state index >= 15 is 0 Å². The minimum atomic E-state index is -1.02. The highest BCUT2D eigenvalue weighted by atomic mass is 16.4. The van der Waals surface area contributed by atoms with Crippen LogP contribution in [0, 0.1) is 0 Å². The van der Waals surface area contributed by atoms with Gasteiger partial charge in [0.2, 0.25) is 0 Å². The van der Waals surface area contributed by atoms with Gasteiger partial charge in [0.1, 0.15) is 0 Å². The Labute approximate surface area is 168 Å². The molecule has 0 heterocycles. The Balaban J connectivity index is 2.18. The summed E-state index contributed by atoms with van der Waals surface area (Å²) in [5, 5.41) is 24.2. The Morgan fingerprint density at radius 2 is 1.57 bits per heavy atom. The van der Waals surface area contributed by atoms with Crippen LogP contribution in [0.25, 0.3) is 0 Å². The highest BCUT2D eigenvalue weighted by Crippen LogP contribution is 2.23. The molecule has 0 aromatic heterocycles. The van der Waals surface area contributed by atoms with Crippen LogP contribution >= 0.6 is 0 Å². The third-order valence-corrected chi connectivity index (χ3v) is 4.93. The van der Waals surface area contributed by atoms with Crippen molar-refractivity contribution < 1.29 is 15.0 Å². The van der Waals surface area contributed by atoms with Crippen molar-refractivity contribution in [3.8, 4) is 0 Å². The zero-order valence-corrected chi connectivity index (χ0v) is 17.2. The first-order valence-corrected chi connectivity index (χ1v) is 9.72. The van der Waals surface area contributed by atoms with Crippen LogP contribution in [-0.2, 0) is 6.42 Å². The normalized spacial score (nSPS) is 14.9. The highest BCUT2D eigenvalue weighted by molar-refractivity contribution is 5.66. The molecule has 152 valence electrons. The third kappa shape index (κ3) is 6.08. The van der Waals surface area contributed by atoms with Gasteiger partial charge in [-0.15, -0.1) is 0 Å². The summed E-state index contributed by atoms with van der Waals surface area (Å²) in [5.74, 6) is 0. The first-order chi connectivity index (χ1) is 13.2. The number of hydrogen-bond donors (Lipinski definition) is 3. The number of carboxylic acid groups (broad SMARTS) is 1. The maximum Gasteiger partial charge on any atom is 0.408 e. The van der Waals surface area contributed by atoms with Gasteiger partial charge in [-0.25, -0.2) is 4.79 Å². The van der Waals surface area contributed by atoms with Crippen molar-refractivity contribution in [1.82, 2.24) is 10.2 Å². The molecule has 1 amide bonds. The molecule has 2 aromatic carbocycles. The number of rotatable bonds is 8. The summed E-state index contributed by atoms with van der Waals surface area (Å²) in [6.07, 6.45) is -1.42. The highest BCUT2D eigenvalue weighted by Gasteiger charge is 2.37. The summed E-state index contributed by atoms with van der Waals surface area (Å²) >= 11 is 0. The van der Waals surface area contributed by atoms with Crippen molar-refractivity contribution in [2.45, 2.75) is 57.8 Å². The number of carbonyl (C=O) groups is 1. The molecule has 0 saturated carbocycles. The van der Waals surface area contributed by atoms with Crippen LogP contribution in [0.1, 0.15) is 44.9 Å². The largest absolute Gasteiger partial charge is 0.465 e. The molecule has 0 radical (unpaired) electrons. The summed E-state index contributed by atoms with van der Waals surface area (Å²) in [5.41, 5.74) is 1.50. The number of aliphatic hydroxyl groups excluding tert-OH is 1. The lowest BCUT2D eigenvalue weighted by Crippen LogP contribution is -2.58. The maximum atomic E-state index is 12.0. The van der Waals surface area contributed by atoms with E-state index in [4.69, 9.17) is 0 Å². The Morgan fingerprint density at radius 3 is 2.07 bits per heavy atom. The molecule has 0 spiro atoms. The van der Waals surface area contributed by atoms with E-state index in [1.807, 2.05) is 88.4 Å². The first kappa shape index (κ1) is 21.9. The van der Waals surface area contributed by atoms with Gasteiger partial charge in [0.25, 0.3) is 0 Å². The standard InChI is InChI=1S/C23H32N2O3/c1-17(19-13-9-6-10-14-19)24-16-21(26)20(15-18-11-7-5-8-12-18)25(22(27)28)23(2,3)4/h5-14,17,20-21,24,26H,15-16H2,1-4H3,(H,27,28)/t17-,20-,21+/m0/s1. The van der Waals surface area contributed by atoms with Crippen LogP contribution in [0.5, 0.6) is 0 Å². The molecule has 0 aliphatic rings. The number of hydrogen-bond acceptors (Lipinski definition) is 3. The number of nitrogens with one attached hydrogen (secondary N) is 1. The van der Waals surface area contributed by atoms with Crippen molar-refractivity contribution in [2.24, 2.45) is 0 Å². The second-order valence-corrected chi connectivity index (χ2v) is 8.19. The zero-order chi connectivity index (χ0) is 20.7. The fourth-order valence-corrected chi connectivity index (χ4v) is 3.47. The molecule has 0 saturated heterocycles. The molecule has 3 atom stereocenters. The number of amides is 1. The smallest absolute Gasteiger partial charge is 0.408 e. The van der Waals surface area contributed by atoms with Gasteiger partial charge in [-0.1, -0.05) is 60.7 Å². The summed E-state index contributed by atoms with van der Waals surface area (Å²) in [6.45, 7) is 7.89. The van der Waals surface area contributed by atoms with E-state index in [1.54, 1.807) is 0 Å². The third-order valence-electron chi connectivity index (χ3n) is 4.93. The van der Waals surface area contributed by atoms with Crippen LogP contribution in [0.2, 0.25) is 0 Å². The summed E-state index contributed by atoms with van der Waals surface area (Å²) in [7, 11) is 0. The molecule has 3 N–H and O–H groups in total. The second-order valence-electron chi connectivity index (χ2n) is 8.19. The minimum absolute atomic E-state index is 0.0566. The molecule has 28 heavy (non-hydrogen) atoms. The van der Waals surface area contributed by atoms with Gasteiger partial charge in [-0.05, 0) is 45.2 Å². The fraction of sp³-hybridized carbons (Fsp3) is 0.435. The molecule has 2 aromatic rings. The van der Waals surface area contributed by atoms with Crippen molar-refractivity contribution in [3.63, 3.8) is 0 Å². The van der Waals surface area contributed by atoms with Crippen LogP contribution in [0.15, 0.2) is 60.7 Å². The van der Waals surface area contributed by atoms with E-state index in [1.165, 1.54) is 4.90 Å². The fourth-order valence-electron chi connectivity index (χ4n) is 3.47. The van der Waals surface area contributed by atoms with Crippen molar-refractivity contribution >= 4 is 6.09 Å². The summed E-state index contributed by atoms with van der Waals surface area (Å²) in [4.78, 5) is 13.4. The number of aliphatic hydroxyl groups is 1. The predicted molar refractivity (Wildman–Crippen MR) is 112 cm³/mol. The van der Waals surface area contributed by atoms with Gasteiger partial charge in [-0.2, -0.15) is 0 Å². The van der Waals surface area contributed by atoms with Crippen LogP contribution in [-0.4, -0.2) is 45.4 Å². The first-order valence-electron chi connectivity index (χ1n) is 9.72. The van der Waals surface area contributed by atoms with Gasteiger partial charge < -0.3 is 15.5 Å². The summed E-state index contributed by atoms with van der Waals surface area (Å²) in [6, 6.07) is 19.2. The Bertz CT molecular complexity index is 729. The average Bonchev–Trinajstić information content (AvgIpc) is 2.65. The van der Waals surface area contributed by atoms with E-state index in [2.05, 4.69) is 5.32 Å². The molecule has 0 fully saturated rings. The lowest BCUT2D eigenvalue weighted by molar-refractivity contribution is 0.00704. The Morgan fingerprint density at radius 1 is 1.04 bits per heavy atom. The average molecular weight is 385 g/mol. The van der Waals surface area contributed by atoms with E-state index in [0.29, 0.717) is 13.0 Å². The van der Waals surface area contributed by atoms with Crippen molar-refractivity contribution in [2.75, 3.05) is 6.54 Å². The zero-order valence-electron chi connectivity index (χ0n) is 17.2. The lowest BCUT2D eigenvalue weighted by Gasteiger charge is -2.42. The minimum Gasteiger partial charge on any atom is -0.465 e. The van der Waals surface area contributed by atoms with Crippen molar-refractivity contribution in [1.29, 1.82) is 0 Å². The topological polar surface area (TPSA) is 72.8 Å². The van der Waals surface area contributed by atoms with Gasteiger partial charge >= 0.3 is 6.09 Å². The van der Waals surface area contributed by atoms with E-state index in [0.717, 1.165) is 11.1 Å². The van der Waals surface area contributed by atoms with E-state index in [9.17, 15) is 15.0 Å². The number of benzene rings is 2. The van der Waals surface area contributed by atoms with Crippen molar-refractivity contribution in [3.05, 3.63) is 71.8 Å². The monoisotopic (exact) mass is 384 g/mol. The van der Waals surface area contributed by atoms with Crippen LogP contribution in [0.4, 0.5) is 4.79 Å². The molecule has 0 bridgehead atoms. The predicted octanol–water partition coefficient (Wildman–Crippen LogP) is 4.09. The molecule has 0 unspecified atom stereocenters. The van der Waals surface area contributed by atoms with Gasteiger partial charge in [0.05, 0.1) is 12.1 Å². The van der Waals surface area contributed by atoms with Crippen LogP contribution < -0.4 is 5.32 Å². The van der Waals surface area contributed by atoms with Gasteiger partial charge in [0, 0.05) is 18.1 Å². The molecule has 5 heteroatoms. The van der Waals surface area contributed by atoms with Gasteiger partial charge in [-0.3, -0.25) is 4.90 Å². The van der Waals surface area contributed by atoms with Crippen LogP contribution in [0.3, 0.4) is 0 Å². The molecule has 5 nitrogen and oxygen atoms in total. The molecule has 2 rings (SSSR count). The summed E-state index contributed by atoms with van der Waals surface area (Å²) < 4.78 is 0. The maximum absolute atomic E-state index is 12.0. The van der Waals surface area contributed by atoms with E-state index in [-0.39, 0.29) is 6.04 Å². The Hall–Kier alpha value is -2.37. The Kier molecular flexibility index (Phi) is 7.61. The quantitative estimate of drug-likeness (QED) is 0.641. The molecular weight excluding hydrogens is 352 g/mol.